The Hall–Kier alpha value is -2.07. The fourth-order valence-corrected chi connectivity index (χ4v) is 3.01. The van der Waals surface area contributed by atoms with Crippen LogP contribution in [0.3, 0.4) is 0 Å². The predicted octanol–water partition coefficient (Wildman–Crippen LogP) is 4.33. The molecule has 0 amide bonds. The van der Waals surface area contributed by atoms with Gasteiger partial charge in [-0.3, -0.25) is 9.59 Å². The van der Waals surface area contributed by atoms with Crippen LogP contribution < -0.4 is 0 Å². The summed E-state index contributed by atoms with van der Waals surface area (Å²) in [6, 6.07) is 15.6. The molecule has 2 aromatic rings. The van der Waals surface area contributed by atoms with Gasteiger partial charge in [0.1, 0.15) is 0 Å². The fraction of sp³-hybridized carbons (Fsp3) is 0.222. The van der Waals surface area contributed by atoms with Crippen molar-refractivity contribution in [3.05, 3.63) is 65.2 Å². The smallest absolute Gasteiger partial charge is 0.303 e. The van der Waals surface area contributed by atoms with Gasteiger partial charge in [0, 0.05) is 22.6 Å². The van der Waals surface area contributed by atoms with Gasteiger partial charge in [-0.15, -0.1) is 11.8 Å². The van der Waals surface area contributed by atoms with Crippen LogP contribution in [-0.4, -0.2) is 16.9 Å². The second-order valence-corrected chi connectivity index (χ2v) is 6.11. The van der Waals surface area contributed by atoms with Gasteiger partial charge >= 0.3 is 5.97 Å². The Balaban J connectivity index is 1.93. The number of hydrogen-bond donors (Lipinski definition) is 1. The number of carboxylic acid groups (broad SMARTS) is 1. The third-order valence-electron chi connectivity index (χ3n) is 3.40. The quantitative estimate of drug-likeness (QED) is 0.610. The van der Waals surface area contributed by atoms with Crippen molar-refractivity contribution in [2.45, 2.75) is 30.4 Å². The first-order valence-electron chi connectivity index (χ1n) is 7.08. The fourth-order valence-electron chi connectivity index (χ4n) is 2.03. The summed E-state index contributed by atoms with van der Waals surface area (Å²) in [6.07, 6.45) is -0.0757. The number of carbonyl (C=O) groups is 2. The van der Waals surface area contributed by atoms with Gasteiger partial charge in [0.15, 0.2) is 5.78 Å². The lowest BCUT2D eigenvalue weighted by Gasteiger charge is -2.06. The highest BCUT2D eigenvalue weighted by Gasteiger charge is 2.08. The molecule has 2 rings (SSSR count). The van der Waals surface area contributed by atoms with Gasteiger partial charge in [-0.2, -0.15) is 0 Å². The number of ketones is 1. The van der Waals surface area contributed by atoms with E-state index in [9.17, 15) is 9.59 Å². The van der Waals surface area contributed by atoms with E-state index >= 15 is 0 Å². The van der Waals surface area contributed by atoms with E-state index in [1.54, 1.807) is 23.9 Å². The van der Waals surface area contributed by atoms with Gasteiger partial charge in [0.2, 0.25) is 0 Å². The van der Waals surface area contributed by atoms with E-state index in [-0.39, 0.29) is 18.6 Å². The molecular formula is C18H18O3S. The number of carboxylic acids is 1. The Morgan fingerprint density at radius 1 is 1.00 bits per heavy atom. The van der Waals surface area contributed by atoms with Crippen molar-refractivity contribution in [2.75, 3.05) is 0 Å². The summed E-state index contributed by atoms with van der Waals surface area (Å²) < 4.78 is 0. The second kappa shape index (κ2) is 7.80. The largest absolute Gasteiger partial charge is 0.481 e. The number of thioether (sulfide) groups is 1. The summed E-state index contributed by atoms with van der Waals surface area (Å²) in [5.41, 5.74) is 3.14. The minimum Gasteiger partial charge on any atom is -0.481 e. The van der Waals surface area contributed by atoms with E-state index in [0.29, 0.717) is 5.56 Å². The summed E-state index contributed by atoms with van der Waals surface area (Å²) in [5.74, 6) is -0.185. The monoisotopic (exact) mass is 314 g/mol. The van der Waals surface area contributed by atoms with Crippen molar-refractivity contribution in [3.8, 4) is 0 Å². The van der Waals surface area contributed by atoms with Gasteiger partial charge in [-0.1, -0.05) is 36.4 Å². The van der Waals surface area contributed by atoms with Crippen LogP contribution in [0, 0.1) is 6.92 Å². The molecule has 0 bridgehead atoms. The van der Waals surface area contributed by atoms with Crippen molar-refractivity contribution in [1.82, 2.24) is 0 Å². The molecule has 1 N–H and O–H groups in total. The molecule has 3 nitrogen and oxygen atoms in total. The number of aliphatic carboxylic acids is 1. The molecule has 0 atom stereocenters. The van der Waals surface area contributed by atoms with Crippen LogP contribution in [0.25, 0.3) is 0 Å². The summed E-state index contributed by atoms with van der Waals surface area (Å²) in [7, 11) is 0. The number of Topliss-reactive ketones (excluding diaryl/α,β-unsaturated/α-hetero) is 1. The molecule has 0 spiro atoms. The van der Waals surface area contributed by atoms with E-state index in [1.807, 2.05) is 24.3 Å². The Bertz CT molecular complexity index is 662. The highest BCUT2D eigenvalue weighted by Crippen LogP contribution is 2.24. The Morgan fingerprint density at radius 2 is 1.68 bits per heavy atom. The van der Waals surface area contributed by atoms with Crippen molar-refractivity contribution in [1.29, 1.82) is 0 Å². The van der Waals surface area contributed by atoms with Gasteiger partial charge in [0.05, 0.1) is 6.42 Å². The molecule has 4 heteroatoms. The van der Waals surface area contributed by atoms with Crippen LogP contribution in [0.4, 0.5) is 0 Å². The zero-order chi connectivity index (χ0) is 15.9. The number of rotatable bonds is 7. The maximum Gasteiger partial charge on any atom is 0.303 e. The Morgan fingerprint density at radius 3 is 2.32 bits per heavy atom. The second-order valence-electron chi connectivity index (χ2n) is 5.06. The zero-order valence-electron chi connectivity index (χ0n) is 12.4. The van der Waals surface area contributed by atoms with Crippen molar-refractivity contribution in [2.24, 2.45) is 0 Å². The predicted molar refractivity (Wildman–Crippen MR) is 88.4 cm³/mol. The molecule has 0 aromatic heterocycles. The van der Waals surface area contributed by atoms with Crippen LogP contribution in [0.2, 0.25) is 0 Å². The molecule has 114 valence electrons. The van der Waals surface area contributed by atoms with E-state index in [0.717, 1.165) is 10.6 Å². The normalized spacial score (nSPS) is 10.4. The molecule has 22 heavy (non-hydrogen) atoms. The minimum absolute atomic E-state index is 0.0467. The first-order valence-corrected chi connectivity index (χ1v) is 8.07. The van der Waals surface area contributed by atoms with Crippen LogP contribution in [-0.2, 0) is 10.5 Å². The van der Waals surface area contributed by atoms with Crippen molar-refractivity contribution < 1.29 is 14.7 Å². The molecular weight excluding hydrogens is 296 g/mol. The highest BCUT2D eigenvalue weighted by atomic mass is 32.2. The van der Waals surface area contributed by atoms with Gasteiger partial charge in [-0.05, 0) is 30.2 Å². The number of carbonyl (C=O) groups excluding carboxylic acids is 1. The summed E-state index contributed by atoms with van der Waals surface area (Å²) in [4.78, 5) is 23.4. The van der Waals surface area contributed by atoms with Crippen molar-refractivity contribution in [3.63, 3.8) is 0 Å². The summed E-state index contributed by atoms with van der Waals surface area (Å²) >= 11 is 1.72. The lowest BCUT2D eigenvalue weighted by atomic mass is 10.1. The SMILES string of the molecule is Cc1ccccc1CSc1ccc(C(=O)CCC(=O)O)cc1. The lowest BCUT2D eigenvalue weighted by molar-refractivity contribution is -0.136. The molecule has 0 aliphatic heterocycles. The zero-order valence-corrected chi connectivity index (χ0v) is 13.2. The average Bonchev–Trinajstić information content (AvgIpc) is 2.52. The van der Waals surface area contributed by atoms with Crippen molar-refractivity contribution >= 4 is 23.5 Å². The average molecular weight is 314 g/mol. The molecule has 0 saturated carbocycles. The van der Waals surface area contributed by atoms with E-state index < -0.39 is 5.97 Å². The first-order chi connectivity index (χ1) is 10.6. The summed E-state index contributed by atoms with van der Waals surface area (Å²) in [6.45, 7) is 2.10. The maximum absolute atomic E-state index is 11.8. The molecule has 0 heterocycles. The molecule has 0 aliphatic rings. The first kappa shape index (κ1) is 16.3. The standard InChI is InChI=1S/C18H18O3S/c1-13-4-2-3-5-15(13)12-22-16-8-6-14(7-9-16)17(19)10-11-18(20)21/h2-9H,10-12H2,1H3,(H,20,21). The summed E-state index contributed by atoms with van der Waals surface area (Å²) in [5, 5.41) is 8.60. The number of aryl methyl sites for hydroxylation is 1. The van der Waals surface area contributed by atoms with Crippen LogP contribution >= 0.6 is 11.8 Å². The van der Waals surface area contributed by atoms with E-state index in [2.05, 4.69) is 19.1 Å². The van der Waals surface area contributed by atoms with Crippen LogP contribution in [0.1, 0.15) is 34.3 Å². The molecule has 0 saturated heterocycles. The van der Waals surface area contributed by atoms with Gasteiger partial charge < -0.3 is 5.11 Å². The molecule has 2 aromatic carbocycles. The maximum atomic E-state index is 11.8. The van der Waals surface area contributed by atoms with E-state index in [4.69, 9.17) is 5.11 Å². The number of hydrogen-bond acceptors (Lipinski definition) is 3. The topological polar surface area (TPSA) is 54.4 Å². The Kier molecular flexibility index (Phi) is 5.78. The highest BCUT2D eigenvalue weighted by molar-refractivity contribution is 7.98. The number of benzene rings is 2. The third kappa shape index (κ3) is 4.74. The minimum atomic E-state index is -0.946. The van der Waals surface area contributed by atoms with E-state index in [1.165, 1.54) is 11.1 Å². The molecule has 0 unspecified atom stereocenters. The van der Waals surface area contributed by atoms with Gasteiger partial charge in [-0.25, -0.2) is 0 Å². The van der Waals surface area contributed by atoms with Gasteiger partial charge in [0.25, 0.3) is 0 Å². The Labute approximate surface area is 134 Å². The molecule has 0 fully saturated rings. The molecule has 0 radical (unpaired) electrons. The van der Waals surface area contributed by atoms with Crippen LogP contribution in [0.15, 0.2) is 53.4 Å². The third-order valence-corrected chi connectivity index (χ3v) is 4.46. The molecule has 0 aliphatic carbocycles. The van der Waals surface area contributed by atoms with Crippen LogP contribution in [0.5, 0.6) is 0 Å². The lowest BCUT2D eigenvalue weighted by Crippen LogP contribution is -2.03.